The number of hydrogen-bond donors (Lipinski definition) is 0. The molecule has 0 radical (unpaired) electrons. The summed E-state index contributed by atoms with van der Waals surface area (Å²) in [4.78, 5) is 15.3. The van der Waals surface area contributed by atoms with Crippen molar-refractivity contribution in [2.45, 2.75) is 51.4 Å². The average molecular weight is 648 g/mol. The Balaban J connectivity index is 1.18. The third-order valence-electron chi connectivity index (χ3n) is 10.5. The van der Waals surface area contributed by atoms with Crippen LogP contribution in [0.2, 0.25) is 0 Å². The van der Waals surface area contributed by atoms with Crippen LogP contribution in [0.15, 0.2) is 152 Å². The number of fused-ring (bicyclic) bond motifs is 1. The fourth-order valence-electron chi connectivity index (χ4n) is 7.23. The Hall–Kier alpha value is -5.67. The fourth-order valence-corrected chi connectivity index (χ4v) is 7.23. The van der Waals surface area contributed by atoms with E-state index in [1.165, 1.54) is 39.8 Å². The molecule has 0 atom stereocenters. The number of rotatable bonds is 6. The Kier molecular flexibility index (Phi) is 7.99. The first-order chi connectivity index (χ1) is 24.2. The van der Waals surface area contributed by atoms with E-state index in [2.05, 4.69) is 167 Å². The quantitative estimate of drug-likeness (QED) is 0.180. The summed E-state index contributed by atoms with van der Waals surface area (Å²) < 4.78 is 0. The highest BCUT2D eigenvalue weighted by Gasteiger charge is 2.37. The van der Waals surface area contributed by atoms with E-state index < -0.39 is 0 Å². The fraction of sp³-hybridized carbons (Fsp3) is 0.170. The second-order valence-electron chi connectivity index (χ2n) is 14.8. The Bertz CT molecular complexity index is 2270. The van der Waals surface area contributed by atoms with Crippen molar-refractivity contribution in [3.8, 4) is 67.5 Å². The smallest absolute Gasteiger partial charge is 0.164 e. The molecule has 0 saturated heterocycles. The first kappa shape index (κ1) is 31.6. The van der Waals surface area contributed by atoms with Gasteiger partial charge >= 0.3 is 0 Å². The molecular weight excluding hydrogens is 607 g/mol. The van der Waals surface area contributed by atoms with Crippen LogP contribution < -0.4 is 0 Å². The number of nitrogens with zero attached hydrogens (tertiary/aromatic N) is 3. The molecule has 7 aromatic rings. The minimum Gasteiger partial charge on any atom is -0.208 e. The van der Waals surface area contributed by atoms with E-state index in [-0.39, 0.29) is 10.8 Å². The maximum atomic E-state index is 5.12. The summed E-state index contributed by atoms with van der Waals surface area (Å²) in [5.74, 6) is 2.03. The lowest BCUT2D eigenvalue weighted by molar-refractivity contribution is 0.332. The van der Waals surface area contributed by atoms with Crippen molar-refractivity contribution >= 4 is 0 Å². The Morgan fingerprint density at radius 2 is 0.620 bits per heavy atom. The van der Waals surface area contributed by atoms with Crippen LogP contribution >= 0.6 is 0 Å². The van der Waals surface area contributed by atoms with Gasteiger partial charge in [0.15, 0.2) is 17.5 Å². The van der Waals surface area contributed by atoms with Gasteiger partial charge in [0, 0.05) is 16.7 Å². The van der Waals surface area contributed by atoms with Crippen LogP contribution in [0, 0.1) is 0 Å². The molecule has 0 saturated carbocycles. The van der Waals surface area contributed by atoms with Crippen molar-refractivity contribution in [3.05, 3.63) is 163 Å². The van der Waals surface area contributed by atoms with Crippen LogP contribution in [-0.2, 0) is 10.8 Å². The van der Waals surface area contributed by atoms with Crippen molar-refractivity contribution in [2.24, 2.45) is 0 Å². The molecule has 1 heterocycles. The molecule has 0 aliphatic heterocycles. The molecule has 1 aliphatic carbocycles. The maximum absolute atomic E-state index is 5.12. The minimum absolute atomic E-state index is 0.0853. The van der Waals surface area contributed by atoms with Gasteiger partial charge in [-0.05, 0) is 74.2 Å². The normalized spacial score (nSPS) is 14.6. The highest BCUT2D eigenvalue weighted by Crippen LogP contribution is 2.46. The Morgan fingerprint density at radius 3 is 1.02 bits per heavy atom. The van der Waals surface area contributed by atoms with Crippen LogP contribution in [0.1, 0.15) is 51.7 Å². The number of aromatic nitrogens is 3. The average Bonchev–Trinajstić information content (AvgIpc) is 3.17. The zero-order valence-electron chi connectivity index (χ0n) is 29.2. The molecule has 0 N–H and O–H groups in total. The zero-order chi connectivity index (χ0) is 34.3. The Morgan fingerprint density at radius 1 is 0.320 bits per heavy atom. The summed E-state index contributed by atoms with van der Waals surface area (Å²) in [6.07, 6.45) is 2.33. The monoisotopic (exact) mass is 647 g/mol. The van der Waals surface area contributed by atoms with Gasteiger partial charge < -0.3 is 0 Å². The Labute approximate surface area is 295 Å². The second kappa shape index (κ2) is 12.7. The van der Waals surface area contributed by atoms with Crippen molar-refractivity contribution in [3.63, 3.8) is 0 Å². The van der Waals surface area contributed by atoms with Crippen molar-refractivity contribution < 1.29 is 0 Å². The van der Waals surface area contributed by atoms with Crippen LogP contribution in [-0.4, -0.2) is 15.0 Å². The van der Waals surface area contributed by atoms with E-state index in [1.807, 2.05) is 12.1 Å². The van der Waals surface area contributed by atoms with Gasteiger partial charge in [-0.15, -0.1) is 0 Å². The topological polar surface area (TPSA) is 38.7 Å². The van der Waals surface area contributed by atoms with E-state index in [4.69, 9.17) is 15.0 Å². The predicted molar refractivity (Wildman–Crippen MR) is 208 cm³/mol. The number of hydrogen-bond acceptors (Lipinski definition) is 3. The summed E-state index contributed by atoms with van der Waals surface area (Å²) in [7, 11) is 0. The van der Waals surface area contributed by atoms with Gasteiger partial charge in [-0.3, -0.25) is 0 Å². The van der Waals surface area contributed by atoms with Gasteiger partial charge in [-0.1, -0.05) is 173 Å². The van der Waals surface area contributed by atoms with Crippen molar-refractivity contribution in [1.82, 2.24) is 15.0 Å². The maximum Gasteiger partial charge on any atom is 0.164 e. The summed E-state index contributed by atoms with van der Waals surface area (Å²) in [6.45, 7) is 9.45. The standard InChI is InChI=1S/C47H41N3/c1-46(2)29-30-47(3,4)42-31-40(27-28-41(42)46)45-49-43(38-23-19-35(20-24-38)33-13-9-6-10-14-33)48-44(50-45)39-25-21-37(22-26-39)36-17-15-34(16-18-36)32-11-7-5-8-12-32/h5-28,31H,29-30H2,1-4H3. The SMILES string of the molecule is CC1(C)CCC(C)(C)c2cc(-c3nc(-c4ccc(-c5ccccc5)cc4)nc(-c4ccc(-c5ccc(-c6ccccc6)cc5)cc4)n3)ccc21. The zero-order valence-corrected chi connectivity index (χ0v) is 29.2. The highest BCUT2D eigenvalue weighted by atomic mass is 15.0. The van der Waals surface area contributed by atoms with Crippen LogP contribution in [0.25, 0.3) is 67.5 Å². The van der Waals surface area contributed by atoms with E-state index >= 15 is 0 Å². The molecule has 6 aromatic carbocycles. The molecule has 0 fully saturated rings. The van der Waals surface area contributed by atoms with E-state index in [1.54, 1.807) is 0 Å². The molecule has 1 aliphatic rings. The molecule has 244 valence electrons. The molecule has 1 aromatic heterocycles. The number of benzene rings is 6. The highest BCUT2D eigenvalue weighted by molar-refractivity contribution is 5.74. The lowest BCUT2D eigenvalue weighted by Crippen LogP contribution is -2.33. The molecule has 0 spiro atoms. The molecule has 0 amide bonds. The molecule has 0 unspecified atom stereocenters. The molecule has 3 heteroatoms. The second-order valence-corrected chi connectivity index (χ2v) is 14.8. The summed E-state index contributed by atoms with van der Waals surface area (Å²) in [5.41, 5.74) is 13.1. The van der Waals surface area contributed by atoms with Crippen LogP contribution in [0.3, 0.4) is 0 Å². The summed E-state index contributed by atoms with van der Waals surface area (Å²) in [6, 6.07) is 53.6. The molecule has 3 nitrogen and oxygen atoms in total. The van der Waals surface area contributed by atoms with Gasteiger partial charge in [0.25, 0.3) is 0 Å². The largest absolute Gasteiger partial charge is 0.208 e. The van der Waals surface area contributed by atoms with Crippen molar-refractivity contribution in [1.29, 1.82) is 0 Å². The van der Waals surface area contributed by atoms with E-state index in [9.17, 15) is 0 Å². The minimum atomic E-state index is 0.0853. The van der Waals surface area contributed by atoms with E-state index in [0.29, 0.717) is 17.5 Å². The third kappa shape index (κ3) is 6.16. The van der Waals surface area contributed by atoms with Crippen LogP contribution in [0.4, 0.5) is 0 Å². The van der Waals surface area contributed by atoms with Gasteiger partial charge in [-0.2, -0.15) is 0 Å². The van der Waals surface area contributed by atoms with Gasteiger partial charge in [0.05, 0.1) is 0 Å². The summed E-state index contributed by atoms with van der Waals surface area (Å²) in [5, 5.41) is 0. The van der Waals surface area contributed by atoms with Crippen LogP contribution in [0.5, 0.6) is 0 Å². The van der Waals surface area contributed by atoms with Gasteiger partial charge in [-0.25, -0.2) is 15.0 Å². The first-order valence-electron chi connectivity index (χ1n) is 17.6. The molecule has 50 heavy (non-hydrogen) atoms. The molecular formula is C47H41N3. The molecule has 0 bridgehead atoms. The van der Waals surface area contributed by atoms with Crippen molar-refractivity contribution in [2.75, 3.05) is 0 Å². The van der Waals surface area contributed by atoms with Gasteiger partial charge in [0.1, 0.15) is 0 Å². The molecule has 8 rings (SSSR count). The summed E-state index contributed by atoms with van der Waals surface area (Å²) >= 11 is 0. The predicted octanol–water partition coefficient (Wildman–Crippen LogP) is 12.2. The lowest BCUT2D eigenvalue weighted by atomic mass is 9.63. The van der Waals surface area contributed by atoms with Gasteiger partial charge in [0.2, 0.25) is 0 Å². The van der Waals surface area contributed by atoms with E-state index in [0.717, 1.165) is 34.2 Å². The lowest BCUT2D eigenvalue weighted by Gasteiger charge is -2.42. The third-order valence-corrected chi connectivity index (χ3v) is 10.5. The first-order valence-corrected chi connectivity index (χ1v) is 17.6.